The van der Waals surface area contributed by atoms with Crippen LogP contribution in [0.5, 0.6) is 0 Å². The standard InChI is InChI=1S/C13H15F2N3.C12H25N.C8H11N.C2H6/c1-4-17-8-12(15)13(16-3)18-10-5-6-11(14)9(2)7-10;1-4-7-12(3,8-5-2)11-13-9-6-10-13;1-7-3-5-8(9-2)6-4-7;1-2/h5-8,18H,3-4H2,1-2H3;4-11H2,1-3H3;3-6,9H,1-2H3;1-2H3/b13-12-,17-8?;;;. The summed E-state index contributed by atoms with van der Waals surface area (Å²) in [6.07, 6.45) is 7.98. The molecule has 2 N–H and O–H groups in total. The number of allylic oxidation sites excluding steroid dienone is 1. The second kappa shape index (κ2) is 22.5. The maximum atomic E-state index is 13.6. The third-order valence-electron chi connectivity index (χ3n) is 6.79. The maximum Gasteiger partial charge on any atom is 0.183 e. The molecule has 1 saturated heterocycles. The van der Waals surface area contributed by atoms with Crippen LogP contribution >= 0.6 is 0 Å². The fraction of sp³-hybridized carbons (Fsp3) is 0.543. The van der Waals surface area contributed by atoms with E-state index in [9.17, 15) is 8.78 Å². The zero-order valence-corrected chi connectivity index (χ0v) is 27.8. The van der Waals surface area contributed by atoms with Crippen LogP contribution in [0.4, 0.5) is 20.2 Å². The molecule has 0 radical (unpaired) electrons. The van der Waals surface area contributed by atoms with E-state index in [1.165, 1.54) is 75.1 Å². The third-order valence-corrected chi connectivity index (χ3v) is 6.79. The van der Waals surface area contributed by atoms with E-state index in [4.69, 9.17) is 0 Å². The lowest BCUT2D eigenvalue weighted by Gasteiger charge is -2.40. The number of aryl methyl sites for hydroxylation is 2. The van der Waals surface area contributed by atoms with Gasteiger partial charge < -0.3 is 15.5 Å². The van der Waals surface area contributed by atoms with Crippen molar-refractivity contribution in [2.24, 2.45) is 15.4 Å². The highest BCUT2D eigenvalue weighted by molar-refractivity contribution is 5.78. The van der Waals surface area contributed by atoms with Gasteiger partial charge in [0.1, 0.15) is 5.82 Å². The SMILES string of the molecule is C=N/C(Nc1ccc(F)c(C)c1)=C(/F)C=NCC.CC.CCCC(C)(CCC)CN1CCC1.CNc1ccc(C)cc1. The lowest BCUT2D eigenvalue weighted by Crippen LogP contribution is -2.44. The molecule has 2 aromatic carbocycles. The lowest BCUT2D eigenvalue weighted by molar-refractivity contribution is 0.0929. The van der Waals surface area contributed by atoms with Crippen molar-refractivity contribution in [3.8, 4) is 0 Å². The molecule has 2 aromatic rings. The van der Waals surface area contributed by atoms with Gasteiger partial charge in [-0.2, -0.15) is 0 Å². The number of aliphatic imine (C=N–C) groups is 2. The maximum absolute atomic E-state index is 13.6. The van der Waals surface area contributed by atoms with Gasteiger partial charge in [0.2, 0.25) is 0 Å². The average Bonchev–Trinajstić information content (AvgIpc) is 2.97. The van der Waals surface area contributed by atoms with E-state index in [0.29, 0.717) is 23.2 Å². The molecular weight excluding hydrogens is 528 g/mol. The molecule has 1 fully saturated rings. The summed E-state index contributed by atoms with van der Waals surface area (Å²) in [6, 6.07) is 12.7. The Labute approximate surface area is 255 Å². The second-order valence-corrected chi connectivity index (χ2v) is 10.6. The molecule has 0 aromatic heterocycles. The minimum absolute atomic E-state index is 0.0433. The molecule has 7 heteroatoms. The van der Waals surface area contributed by atoms with E-state index in [1.807, 2.05) is 20.9 Å². The van der Waals surface area contributed by atoms with Gasteiger partial charge in [-0.3, -0.25) is 4.99 Å². The van der Waals surface area contributed by atoms with Crippen molar-refractivity contribution >= 4 is 24.3 Å². The minimum atomic E-state index is -0.617. The summed E-state index contributed by atoms with van der Waals surface area (Å²) in [6.45, 7) is 24.4. The summed E-state index contributed by atoms with van der Waals surface area (Å²) in [5, 5.41) is 5.78. The van der Waals surface area contributed by atoms with Gasteiger partial charge in [0.05, 0.1) is 6.21 Å². The van der Waals surface area contributed by atoms with Gasteiger partial charge in [0, 0.05) is 31.5 Å². The summed E-state index contributed by atoms with van der Waals surface area (Å²) in [7, 11) is 1.92. The van der Waals surface area contributed by atoms with Gasteiger partial charge >= 0.3 is 0 Å². The number of nitrogens with zero attached hydrogens (tertiary/aromatic N) is 3. The Balaban J connectivity index is 0.000000613. The molecule has 0 bridgehead atoms. The normalized spacial score (nSPS) is 13.2. The van der Waals surface area contributed by atoms with Gasteiger partial charge in [0.25, 0.3) is 0 Å². The van der Waals surface area contributed by atoms with Crippen molar-refractivity contribution in [2.45, 2.75) is 87.5 Å². The predicted octanol–water partition coefficient (Wildman–Crippen LogP) is 9.84. The molecular formula is C35H57F2N5. The van der Waals surface area contributed by atoms with Gasteiger partial charge in [-0.25, -0.2) is 13.8 Å². The highest BCUT2D eigenvalue weighted by Crippen LogP contribution is 2.31. The average molecular weight is 586 g/mol. The molecule has 236 valence electrons. The number of hydrogen-bond donors (Lipinski definition) is 2. The Hall–Kier alpha value is -3.06. The van der Waals surface area contributed by atoms with Crippen LogP contribution in [0, 0.1) is 25.1 Å². The molecule has 0 saturated carbocycles. The number of benzene rings is 2. The topological polar surface area (TPSA) is 52.0 Å². The molecule has 0 aliphatic carbocycles. The molecule has 0 atom stereocenters. The Morgan fingerprint density at radius 3 is 2.00 bits per heavy atom. The number of nitrogens with one attached hydrogen (secondary N) is 2. The van der Waals surface area contributed by atoms with Crippen molar-refractivity contribution in [3.63, 3.8) is 0 Å². The molecule has 1 heterocycles. The Bertz CT molecular complexity index is 1050. The fourth-order valence-electron chi connectivity index (χ4n) is 4.56. The molecule has 5 nitrogen and oxygen atoms in total. The van der Waals surface area contributed by atoms with Crippen LogP contribution in [0.2, 0.25) is 0 Å². The first-order valence-electron chi connectivity index (χ1n) is 15.5. The molecule has 42 heavy (non-hydrogen) atoms. The Morgan fingerprint density at radius 2 is 1.57 bits per heavy atom. The first kappa shape index (κ1) is 38.9. The van der Waals surface area contributed by atoms with Crippen LogP contribution < -0.4 is 10.6 Å². The molecule has 1 aliphatic rings. The van der Waals surface area contributed by atoms with E-state index < -0.39 is 5.83 Å². The van der Waals surface area contributed by atoms with Crippen molar-refractivity contribution in [1.82, 2.24) is 4.90 Å². The van der Waals surface area contributed by atoms with Gasteiger partial charge in [-0.1, -0.05) is 65.2 Å². The van der Waals surface area contributed by atoms with E-state index in [-0.39, 0.29) is 11.6 Å². The third kappa shape index (κ3) is 15.8. The van der Waals surface area contributed by atoms with Gasteiger partial charge in [-0.15, -0.1) is 0 Å². The number of halogens is 2. The fourth-order valence-corrected chi connectivity index (χ4v) is 4.56. The van der Waals surface area contributed by atoms with Crippen LogP contribution in [0.15, 0.2) is 64.1 Å². The molecule has 0 spiro atoms. The molecule has 0 amide bonds. The summed E-state index contributed by atoms with van der Waals surface area (Å²) in [5.41, 5.74) is 4.07. The summed E-state index contributed by atoms with van der Waals surface area (Å²) >= 11 is 0. The Morgan fingerprint density at radius 1 is 1.00 bits per heavy atom. The van der Waals surface area contributed by atoms with Crippen molar-refractivity contribution in [2.75, 3.05) is 43.9 Å². The van der Waals surface area contributed by atoms with Crippen molar-refractivity contribution < 1.29 is 8.78 Å². The number of likely N-dealkylation sites (tertiary alicyclic amines) is 1. The number of hydrogen-bond acceptors (Lipinski definition) is 5. The summed E-state index contributed by atoms with van der Waals surface area (Å²) in [4.78, 5) is 9.93. The molecule has 1 aliphatic heterocycles. The molecule has 3 rings (SSSR count). The highest BCUT2D eigenvalue weighted by Gasteiger charge is 2.27. The van der Waals surface area contributed by atoms with E-state index in [2.05, 4.69) is 84.2 Å². The van der Waals surface area contributed by atoms with Gasteiger partial charge in [0.15, 0.2) is 11.6 Å². The Kier molecular flexibility index (Phi) is 20.9. The largest absolute Gasteiger partial charge is 0.388 e. The summed E-state index contributed by atoms with van der Waals surface area (Å²) < 4.78 is 26.7. The van der Waals surface area contributed by atoms with Crippen molar-refractivity contribution in [3.05, 3.63) is 71.1 Å². The first-order valence-corrected chi connectivity index (χ1v) is 15.5. The summed E-state index contributed by atoms with van der Waals surface area (Å²) in [5.74, 6) is -0.974. The van der Waals surface area contributed by atoms with E-state index >= 15 is 0 Å². The molecule has 0 unspecified atom stereocenters. The highest BCUT2D eigenvalue weighted by atomic mass is 19.1. The number of rotatable bonds is 12. The van der Waals surface area contributed by atoms with Gasteiger partial charge in [-0.05, 0) is 101 Å². The minimum Gasteiger partial charge on any atom is -0.388 e. The van der Waals surface area contributed by atoms with Crippen LogP contribution in [-0.2, 0) is 0 Å². The zero-order valence-electron chi connectivity index (χ0n) is 27.8. The van der Waals surface area contributed by atoms with Crippen LogP contribution in [-0.4, -0.2) is 51.1 Å². The zero-order chi connectivity index (χ0) is 32.0. The van der Waals surface area contributed by atoms with Crippen LogP contribution in [0.3, 0.4) is 0 Å². The number of anilines is 2. The van der Waals surface area contributed by atoms with E-state index in [0.717, 1.165) is 6.21 Å². The first-order chi connectivity index (χ1) is 20.1. The van der Waals surface area contributed by atoms with Crippen LogP contribution in [0.1, 0.15) is 84.8 Å². The quantitative estimate of drug-likeness (QED) is 0.244. The smallest absolute Gasteiger partial charge is 0.183 e. The van der Waals surface area contributed by atoms with Crippen LogP contribution in [0.25, 0.3) is 0 Å². The lowest BCUT2D eigenvalue weighted by atomic mass is 9.80. The van der Waals surface area contributed by atoms with E-state index in [1.54, 1.807) is 19.9 Å². The van der Waals surface area contributed by atoms with Crippen molar-refractivity contribution in [1.29, 1.82) is 0 Å². The predicted molar refractivity (Wildman–Crippen MR) is 183 cm³/mol. The monoisotopic (exact) mass is 585 g/mol. The second-order valence-electron chi connectivity index (χ2n) is 10.6.